The van der Waals surface area contributed by atoms with Gasteiger partial charge in [-0.3, -0.25) is 4.90 Å². The second-order valence-electron chi connectivity index (χ2n) is 6.05. The van der Waals surface area contributed by atoms with E-state index in [1.807, 2.05) is 13.8 Å². The number of benzene rings is 1. The molecule has 24 heavy (non-hydrogen) atoms. The maximum atomic E-state index is 13.6. The normalized spacial score (nSPS) is 18.0. The quantitative estimate of drug-likeness (QED) is 0.858. The third kappa shape index (κ3) is 3.39. The van der Waals surface area contributed by atoms with Crippen LogP contribution in [0, 0.1) is 17.6 Å². The summed E-state index contributed by atoms with van der Waals surface area (Å²) < 4.78 is 31.5. The number of urea groups is 1. The third-order valence-corrected chi connectivity index (χ3v) is 3.83. The molecule has 1 heterocycles. The largest absolute Gasteiger partial charge is 0.466 e. The Hall–Kier alpha value is -2.44. The lowest BCUT2D eigenvalue weighted by Crippen LogP contribution is -2.49. The molecule has 0 fully saturated rings. The van der Waals surface area contributed by atoms with Crippen LogP contribution < -0.4 is 5.32 Å². The lowest BCUT2D eigenvalue weighted by molar-refractivity contribution is -0.136. The van der Waals surface area contributed by atoms with E-state index in [9.17, 15) is 18.4 Å². The number of hydrogen-bond donors (Lipinski definition) is 1. The Morgan fingerprint density at radius 2 is 2.00 bits per heavy atom. The van der Waals surface area contributed by atoms with Gasteiger partial charge in [-0.15, -0.1) is 0 Å². The number of ether oxygens (including phenoxy) is 1. The van der Waals surface area contributed by atoms with E-state index in [-0.39, 0.29) is 17.1 Å². The first-order valence-corrected chi connectivity index (χ1v) is 7.58. The number of nitrogens with zero attached hydrogens (tertiary/aromatic N) is 1. The van der Waals surface area contributed by atoms with E-state index in [4.69, 9.17) is 4.74 Å². The minimum absolute atomic E-state index is 0.185. The Bertz CT molecular complexity index is 701. The first kappa shape index (κ1) is 17.9. The van der Waals surface area contributed by atoms with Gasteiger partial charge in [0.05, 0.1) is 18.7 Å². The van der Waals surface area contributed by atoms with Gasteiger partial charge in [0.1, 0.15) is 0 Å². The Balaban J connectivity index is 2.54. The zero-order valence-corrected chi connectivity index (χ0v) is 14.0. The molecule has 0 bridgehead atoms. The van der Waals surface area contributed by atoms with Crippen molar-refractivity contribution in [2.75, 3.05) is 13.7 Å². The summed E-state index contributed by atoms with van der Waals surface area (Å²) in [6.07, 6.45) is 0. The highest BCUT2D eigenvalue weighted by atomic mass is 19.2. The van der Waals surface area contributed by atoms with Crippen LogP contribution in [0.4, 0.5) is 13.6 Å². The molecule has 0 saturated carbocycles. The summed E-state index contributed by atoms with van der Waals surface area (Å²) in [6.45, 7) is 5.95. The molecular weight excluding hydrogens is 318 g/mol. The first-order chi connectivity index (χ1) is 11.3. The zero-order chi connectivity index (χ0) is 18.0. The molecule has 1 atom stereocenters. The minimum Gasteiger partial charge on any atom is -0.466 e. The van der Waals surface area contributed by atoms with Crippen LogP contribution in [-0.4, -0.2) is 30.6 Å². The number of carbonyl (C=O) groups is 2. The van der Waals surface area contributed by atoms with Crippen molar-refractivity contribution in [1.29, 1.82) is 0 Å². The van der Waals surface area contributed by atoms with Gasteiger partial charge in [-0.05, 0) is 30.5 Å². The smallest absolute Gasteiger partial charge is 0.337 e. The van der Waals surface area contributed by atoms with Gasteiger partial charge in [0.2, 0.25) is 0 Å². The van der Waals surface area contributed by atoms with Crippen LogP contribution in [0.5, 0.6) is 0 Å². The summed E-state index contributed by atoms with van der Waals surface area (Å²) in [7, 11) is 1.23. The average molecular weight is 338 g/mol. The van der Waals surface area contributed by atoms with Gasteiger partial charge in [-0.2, -0.15) is 0 Å². The summed E-state index contributed by atoms with van der Waals surface area (Å²) in [5, 5.41) is 2.67. The SMILES string of the molecule is COC(=O)C1=C(C)N(CC(C)C)C(=O)N[C@@H]1c1ccc(F)c(F)c1. The highest BCUT2D eigenvalue weighted by molar-refractivity contribution is 5.95. The van der Waals surface area contributed by atoms with E-state index in [2.05, 4.69) is 5.32 Å². The number of rotatable bonds is 4. The van der Waals surface area contributed by atoms with Gasteiger partial charge in [0, 0.05) is 12.2 Å². The standard InChI is InChI=1S/C17H20F2N2O3/c1-9(2)8-21-10(3)14(16(22)24-4)15(20-17(21)23)11-5-6-12(18)13(19)7-11/h5-7,9,15H,8H2,1-4H3,(H,20,23)/t15-/m1/s1. The van der Waals surface area contributed by atoms with E-state index < -0.39 is 29.7 Å². The topological polar surface area (TPSA) is 58.6 Å². The minimum atomic E-state index is -1.05. The van der Waals surface area contributed by atoms with Gasteiger partial charge >= 0.3 is 12.0 Å². The molecule has 0 spiro atoms. The zero-order valence-electron chi connectivity index (χ0n) is 14.0. The van der Waals surface area contributed by atoms with Crippen molar-refractivity contribution in [3.05, 3.63) is 46.7 Å². The number of hydrogen-bond acceptors (Lipinski definition) is 3. The monoisotopic (exact) mass is 338 g/mol. The molecule has 0 saturated heterocycles. The number of allylic oxidation sites excluding steroid dienone is 1. The lowest BCUT2D eigenvalue weighted by Gasteiger charge is -2.36. The maximum Gasteiger partial charge on any atom is 0.337 e. The van der Waals surface area contributed by atoms with Gasteiger partial charge in [0.15, 0.2) is 11.6 Å². The van der Waals surface area contributed by atoms with E-state index >= 15 is 0 Å². The highest BCUT2D eigenvalue weighted by Gasteiger charge is 2.36. The second-order valence-corrected chi connectivity index (χ2v) is 6.05. The Morgan fingerprint density at radius 1 is 1.33 bits per heavy atom. The van der Waals surface area contributed by atoms with Crippen LogP contribution in [0.2, 0.25) is 0 Å². The summed E-state index contributed by atoms with van der Waals surface area (Å²) in [5.74, 6) is -2.49. The predicted octanol–water partition coefficient (Wildman–Crippen LogP) is 3.13. The molecule has 1 aliphatic rings. The first-order valence-electron chi connectivity index (χ1n) is 7.58. The molecule has 0 aromatic heterocycles. The molecule has 0 radical (unpaired) electrons. The molecule has 1 aliphatic heterocycles. The molecule has 2 rings (SSSR count). The Labute approximate surface area is 139 Å². The number of esters is 1. The fourth-order valence-corrected chi connectivity index (χ4v) is 2.68. The fourth-order valence-electron chi connectivity index (χ4n) is 2.68. The summed E-state index contributed by atoms with van der Waals surface area (Å²) in [5.41, 5.74) is 0.906. The van der Waals surface area contributed by atoms with Crippen molar-refractivity contribution in [3.8, 4) is 0 Å². The Morgan fingerprint density at radius 3 is 2.54 bits per heavy atom. The molecule has 1 aromatic rings. The molecule has 130 valence electrons. The molecule has 5 nitrogen and oxygen atoms in total. The third-order valence-electron chi connectivity index (χ3n) is 3.83. The molecule has 1 N–H and O–H groups in total. The molecule has 0 aliphatic carbocycles. The van der Waals surface area contributed by atoms with Crippen molar-refractivity contribution < 1.29 is 23.1 Å². The van der Waals surface area contributed by atoms with Crippen LogP contribution in [0.1, 0.15) is 32.4 Å². The average Bonchev–Trinajstić information content (AvgIpc) is 2.52. The fraction of sp³-hybridized carbons (Fsp3) is 0.412. The van der Waals surface area contributed by atoms with Crippen molar-refractivity contribution in [2.45, 2.75) is 26.8 Å². The van der Waals surface area contributed by atoms with Gasteiger partial charge < -0.3 is 10.1 Å². The van der Waals surface area contributed by atoms with Crippen LogP contribution in [-0.2, 0) is 9.53 Å². The van der Waals surface area contributed by atoms with Crippen LogP contribution in [0.25, 0.3) is 0 Å². The highest BCUT2D eigenvalue weighted by Crippen LogP contribution is 2.32. The van der Waals surface area contributed by atoms with Crippen LogP contribution >= 0.6 is 0 Å². The van der Waals surface area contributed by atoms with Gasteiger partial charge in [-0.25, -0.2) is 18.4 Å². The van der Waals surface area contributed by atoms with Crippen molar-refractivity contribution in [2.24, 2.45) is 5.92 Å². The molecular formula is C17H20F2N2O3. The molecule has 0 unspecified atom stereocenters. The summed E-state index contributed by atoms with van der Waals surface area (Å²) in [4.78, 5) is 26.1. The lowest BCUT2D eigenvalue weighted by atomic mass is 9.94. The summed E-state index contributed by atoms with van der Waals surface area (Å²) >= 11 is 0. The Kier molecular flexibility index (Phi) is 5.21. The van der Waals surface area contributed by atoms with E-state index in [0.717, 1.165) is 12.1 Å². The summed E-state index contributed by atoms with van der Waals surface area (Å²) in [6, 6.07) is 1.96. The van der Waals surface area contributed by atoms with Gasteiger partial charge in [0.25, 0.3) is 0 Å². The maximum absolute atomic E-state index is 13.6. The predicted molar refractivity (Wildman–Crippen MR) is 83.9 cm³/mol. The number of methoxy groups -OCH3 is 1. The van der Waals surface area contributed by atoms with Crippen LogP contribution in [0.15, 0.2) is 29.5 Å². The van der Waals surface area contributed by atoms with Crippen molar-refractivity contribution in [1.82, 2.24) is 10.2 Å². The molecule has 2 amide bonds. The second kappa shape index (κ2) is 6.98. The molecule has 7 heteroatoms. The molecule has 1 aromatic carbocycles. The number of halogens is 2. The van der Waals surface area contributed by atoms with E-state index in [0.29, 0.717) is 12.2 Å². The van der Waals surface area contributed by atoms with Crippen LogP contribution in [0.3, 0.4) is 0 Å². The number of carbonyl (C=O) groups excluding carboxylic acids is 2. The van der Waals surface area contributed by atoms with Gasteiger partial charge in [-0.1, -0.05) is 19.9 Å². The number of amides is 2. The van der Waals surface area contributed by atoms with Crippen molar-refractivity contribution in [3.63, 3.8) is 0 Å². The van der Waals surface area contributed by atoms with Crippen molar-refractivity contribution >= 4 is 12.0 Å². The van der Waals surface area contributed by atoms with E-state index in [1.165, 1.54) is 18.1 Å². The number of nitrogens with one attached hydrogen (secondary N) is 1. The van der Waals surface area contributed by atoms with E-state index in [1.54, 1.807) is 6.92 Å².